The average molecular weight is 486 g/mol. The first-order chi connectivity index (χ1) is 16.4. The number of nitrogens with zero attached hydrogens (tertiary/aromatic N) is 1. The van der Waals surface area contributed by atoms with Gasteiger partial charge in [-0.1, -0.05) is 45.8 Å². The van der Waals surface area contributed by atoms with Gasteiger partial charge in [-0.15, -0.1) is 6.42 Å². The molecule has 35 heavy (non-hydrogen) atoms. The van der Waals surface area contributed by atoms with E-state index in [1.807, 2.05) is 13.0 Å². The number of hydrogen-bond donors (Lipinski definition) is 3. The molecule has 0 aromatic carbocycles. The first-order valence-corrected chi connectivity index (χ1v) is 13.6. The number of ether oxygens (including phenoxy) is 1. The normalized spacial score (nSPS) is 39.9. The number of likely N-dealkylation sites (tertiary alicyclic amines) is 1. The van der Waals surface area contributed by atoms with Gasteiger partial charge >= 0.3 is 0 Å². The van der Waals surface area contributed by atoms with E-state index in [0.29, 0.717) is 6.42 Å². The predicted octanol–water partition coefficient (Wildman–Crippen LogP) is 3.93. The Morgan fingerprint density at radius 2 is 1.94 bits per heavy atom. The van der Waals surface area contributed by atoms with Crippen molar-refractivity contribution < 1.29 is 20.1 Å². The van der Waals surface area contributed by atoms with Gasteiger partial charge in [0.1, 0.15) is 0 Å². The molecule has 7 atom stereocenters. The number of aliphatic hydroxyl groups excluding tert-OH is 2. The van der Waals surface area contributed by atoms with Crippen LogP contribution in [-0.4, -0.2) is 70.4 Å². The number of piperidine rings is 1. The molecule has 0 aromatic rings. The molecule has 1 aliphatic heterocycles. The first kappa shape index (κ1) is 26.9. The summed E-state index contributed by atoms with van der Waals surface area (Å²) in [7, 11) is 1.68. The van der Waals surface area contributed by atoms with Crippen LogP contribution in [0, 0.1) is 40.9 Å². The fourth-order valence-corrected chi connectivity index (χ4v) is 7.91. The lowest BCUT2D eigenvalue weighted by atomic mass is 9.43. The van der Waals surface area contributed by atoms with Crippen LogP contribution in [0.3, 0.4) is 0 Å². The third kappa shape index (κ3) is 3.96. The van der Waals surface area contributed by atoms with Crippen molar-refractivity contribution >= 4 is 0 Å². The van der Waals surface area contributed by atoms with Crippen LogP contribution in [0.5, 0.6) is 0 Å². The van der Waals surface area contributed by atoms with Crippen molar-refractivity contribution in [1.29, 1.82) is 0 Å². The van der Waals surface area contributed by atoms with E-state index in [1.165, 1.54) is 12.8 Å². The third-order valence-corrected chi connectivity index (χ3v) is 10.5. The lowest BCUT2D eigenvalue weighted by Crippen LogP contribution is -2.74. The molecule has 5 nitrogen and oxygen atoms in total. The quantitative estimate of drug-likeness (QED) is 0.477. The second kappa shape index (κ2) is 9.30. The Morgan fingerprint density at radius 3 is 2.46 bits per heavy atom. The van der Waals surface area contributed by atoms with Gasteiger partial charge in [0.05, 0.1) is 23.9 Å². The highest BCUT2D eigenvalue weighted by atomic mass is 16.5. The molecular weight excluding hydrogens is 438 g/mol. The van der Waals surface area contributed by atoms with Gasteiger partial charge in [0.2, 0.25) is 0 Å². The van der Waals surface area contributed by atoms with E-state index in [0.717, 1.165) is 49.4 Å². The second-order valence-electron chi connectivity index (χ2n) is 12.8. The monoisotopic (exact) mass is 485 g/mol. The Hall–Kier alpha value is -1.16. The van der Waals surface area contributed by atoms with Crippen LogP contribution < -0.4 is 0 Å². The number of rotatable bonds is 7. The fraction of sp³-hybridized carbons (Fsp3) is 0.800. The van der Waals surface area contributed by atoms with Gasteiger partial charge in [-0.25, -0.2) is 0 Å². The van der Waals surface area contributed by atoms with Crippen LogP contribution in [0.1, 0.15) is 73.1 Å². The van der Waals surface area contributed by atoms with Crippen LogP contribution >= 0.6 is 0 Å². The summed E-state index contributed by atoms with van der Waals surface area (Å²) in [4.78, 5) is 2.64. The molecule has 196 valence electrons. The van der Waals surface area contributed by atoms with Crippen molar-refractivity contribution in [2.45, 2.75) is 96.5 Å². The van der Waals surface area contributed by atoms with Gasteiger partial charge in [-0.2, -0.15) is 0 Å². The van der Waals surface area contributed by atoms with E-state index >= 15 is 0 Å². The minimum Gasteiger partial charge on any atom is -0.392 e. The number of terminal acetylenes is 1. The number of aliphatic hydroxyl groups is 3. The Kier molecular flexibility index (Phi) is 7.14. The van der Waals surface area contributed by atoms with E-state index in [9.17, 15) is 15.3 Å². The maximum atomic E-state index is 12.5. The summed E-state index contributed by atoms with van der Waals surface area (Å²) in [6, 6.07) is 0.249. The number of hydrogen-bond acceptors (Lipinski definition) is 5. The molecule has 4 rings (SSSR count). The summed E-state index contributed by atoms with van der Waals surface area (Å²) in [5.74, 6) is 3.69. The molecule has 1 heterocycles. The Balaban J connectivity index is 1.91. The maximum Gasteiger partial charge on any atom is 0.0998 e. The molecule has 2 bridgehead atoms. The van der Waals surface area contributed by atoms with Crippen molar-refractivity contribution in [1.82, 2.24) is 4.90 Å². The highest BCUT2D eigenvalue weighted by molar-refractivity contribution is 5.49. The van der Waals surface area contributed by atoms with Crippen LogP contribution in [0.25, 0.3) is 0 Å². The topological polar surface area (TPSA) is 73.2 Å². The van der Waals surface area contributed by atoms with Crippen molar-refractivity contribution in [3.8, 4) is 12.3 Å². The van der Waals surface area contributed by atoms with Gasteiger partial charge < -0.3 is 20.1 Å². The van der Waals surface area contributed by atoms with Gasteiger partial charge in [0.15, 0.2) is 0 Å². The smallest absolute Gasteiger partial charge is 0.0998 e. The van der Waals surface area contributed by atoms with Gasteiger partial charge in [0, 0.05) is 36.6 Å². The highest BCUT2D eigenvalue weighted by Crippen LogP contribution is 2.65. The molecule has 0 radical (unpaired) electrons. The minimum atomic E-state index is -1.05. The summed E-state index contributed by atoms with van der Waals surface area (Å²) in [6.45, 7) is 12.2. The summed E-state index contributed by atoms with van der Waals surface area (Å²) >= 11 is 0. The molecule has 2 unspecified atom stereocenters. The molecular formula is C30H47NO4. The number of methoxy groups -OCH3 is 1. The molecule has 3 aliphatic carbocycles. The molecule has 3 fully saturated rings. The third-order valence-electron chi connectivity index (χ3n) is 10.5. The van der Waals surface area contributed by atoms with Crippen molar-refractivity contribution in [2.24, 2.45) is 28.6 Å². The summed E-state index contributed by atoms with van der Waals surface area (Å²) in [5, 5.41) is 34.1. The van der Waals surface area contributed by atoms with E-state index in [4.69, 9.17) is 11.2 Å². The van der Waals surface area contributed by atoms with E-state index in [1.54, 1.807) is 13.2 Å². The SMILES string of the molecule is C#CC1=C(/C=C\CO)C[C@@H]2C3C[C@H]([C@](C)(O)C(C)(C)C)C(CC)(OC)[C@H](O)[C@]13CCN2CC1CC1. The van der Waals surface area contributed by atoms with E-state index < -0.39 is 28.1 Å². The molecule has 5 heteroatoms. The molecule has 2 saturated carbocycles. The molecule has 0 amide bonds. The van der Waals surface area contributed by atoms with Gasteiger partial charge in [-0.05, 0) is 74.8 Å². The van der Waals surface area contributed by atoms with Crippen molar-refractivity contribution in [3.05, 3.63) is 23.3 Å². The van der Waals surface area contributed by atoms with Crippen LogP contribution in [0.2, 0.25) is 0 Å². The molecule has 0 spiro atoms. The lowest BCUT2D eigenvalue weighted by Gasteiger charge is -2.68. The summed E-state index contributed by atoms with van der Waals surface area (Å²) in [5.41, 5.74) is -1.01. The second-order valence-corrected chi connectivity index (χ2v) is 12.8. The first-order valence-electron chi connectivity index (χ1n) is 13.6. The summed E-state index contributed by atoms with van der Waals surface area (Å²) in [6.07, 6.45) is 14.7. The van der Waals surface area contributed by atoms with E-state index in [2.05, 4.69) is 38.5 Å². The zero-order chi connectivity index (χ0) is 25.8. The number of allylic oxidation sites excluding steroid dienone is 1. The highest BCUT2D eigenvalue weighted by Gasteiger charge is 2.70. The standard InChI is InChI=1S/C30H47NO4/c1-8-22-21(11-10-16-32)17-24-23-18-25(28(6,34)27(3,4)5)30(9-2,35-7)26(33)29(22,23)14-15-31(24)19-20-12-13-20/h1,10-11,20,23-26,32-34H,9,12-19H2,2-7H3/b11-10-/t23?,24-,25-,26-,28+,29-,30?/m1/s1. The van der Waals surface area contributed by atoms with Crippen LogP contribution in [0.4, 0.5) is 0 Å². The van der Waals surface area contributed by atoms with Crippen LogP contribution in [0.15, 0.2) is 23.3 Å². The van der Waals surface area contributed by atoms with E-state index in [-0.39, 0.29) is 24.5 Å². The average Bonchev–Trinajstić information content (AvgIpc) is 3.63. The van der Waals surface area contributed by atoms with Crippen molar-refractivity contribution in [2.75, 3.05) is 26.8 Å². The fourth-order valence-electron chi connectivity index (χ4n) is 7.91. The molecule has 1 saturated heterocycles. The zero-order valence-corrected chi connectivity index (χ0v) is 22.7. The van der Waals surface area contributed by atoms with Gasteiger partial charge in [-0.3, -0.25) is 4.90 Å². The summed E-state index contributed by atoms with van der Waals surface area (Å²) < 4.78 is 6.31. The zero-order valence-electron chi connectivity index (χ0n) is 22.7. The molecule has 0 aromatic heterocycles. The largest absolute Gasteiger partial charge is 0.392 e. The lowest BCUT2D eigenvalue weighted by molar-refractivity contribution is -0.280. The Morgan fingerprint density at radius 1 is 1.26 bits per heavy atom. The van der Waals surface area contributed by atoms with Crippen LogP contribution in [-0.2, 0) is 4.74 Å². The Bertz CT molecular complexity index is 898. The van der Waals surface area contributed by atoms with Gasteiger partial charge in [0.25, 0.3) is 0 Å². The van der Waals surface area contributed by atoms with Crippen molar-refractivity contribution in [3.63, 3.8) is 0 Å². The molecule has 4 aliphatic rings. The predicted molar refractivity (Wildman–Crippen MR) is 140 cm³/mol. The molecule has 3 N–H and O–H groups in total. The Labute approximate surface area is 212 Å². The maximum absolute atomic E-state index is 12.5. The minimum absolute atomic E-state index is 0.0374.